The number of aromatic nitrogens is 3. The number of amides is 1. The highest BCUT2D eigenvalue weighted by Crippen LogP contribution is 2.23. The van der Waals surface area contributed by atoms with Crippen LogP contribution in [0.4, 0.5) is 4.39 Å². The van der Waals surface area contributed by atoms with Crippen molar-refractivity contribution in [2.75, 3.05) is 0 Å². The zero-order valence-electron chi connectivity index (χ0n) is 14.0. The highest BCUT2D eigenvalue weighted by atomic mass is 32.2. The Morgan fingerprint density at radius 3 is 2.67 bits per heavy atom. The third-order valence-corrected chi connectivity index (χ3v) is 4.67. The van der Waals surface area contributed by atoms with Crippen molar-refractivity contribution < 1.29 is 9.18 Å². The molecule has 0 aliphatic heterocycles. The van der Waals surface area contributed by atoms with Gasteiger partial charge in [-0.1, -0.05) is 30.0 Å². The number of halogens is 1. The first-order chi connectivity index (χ1) is 11.4. The molecule has 1 amide bonds. The van der Waals surface area contributed by atoms with Gasteiger partial charge in [0.1, 0.15) is 11.6 Å². The quantitative estimate of drug-likeness (QED) is 0.616. The predicted octanol–water partition coefficient (Wildman–Crippen LogP) is 3.27. The molecule has 0 aliphatic carbocycles. The highest BCUT2D eigenvalue weighted by molar-refractivity contribution is 8.00. The molecule has 0 saturated heterocycles. The van der Waals surface area contributed by atoms with E-state index in [1.165, 1.54) is 23.9 Å². The van der Waals surface area contributed by atoms with Crippen molar-refractivity contribution in [1.82, 2.24) is 20.1 Å². The van der Waals surface area contributed by atoms with Gasteiger partial charge in [0, 0.05) is 6.54 Å². The lowest BCUT2D eigenvalue weighted by molar-refractivity contribution is -0.120. The van der Waals surface area contributed by atoms with Crippen LogP contribution in [0.2, 0.25) is 0 Å². The van der Waals surface area contributed by atoms with Crippen LogP contribution in [-0.4, -0.2) is 25.9 Å². The van der Waals surface area contributed by atoms with Gasteiger partial charge in [0.15, 0.2) is 5.16 Å². The molecule has 1 aromatic carbocycles. The number of aryl methyl sites for hydroxylation is 1. The number of hydrogen-bond acceptors (Lipinski definition) is 4. The summed E-state index contributed by atoms with van der Waals surface area (Å²) >= 11 is 1.35. The molecule has 0 radical (unpaired) electrons. The van der Waals surface area contributed by atoms with Crippen molar-refractivity contribution in [2.24, 2.45) is 0 Å². The van der Waals surface area contributed by atoms with Gasteiger partial charge in [-0.2, -0.15) is 0 Å². The highest BCUT2D eigenvalue weighted by Gasteiger charge is 2.20. The first-order valence-corrected chi connectivity index (χ1v) is 8.53. The minimum Gasteiger partial charge on any atom is -0.349 e. The van der Waals surface area contributed by atoms with Crippen molar-refractivity contribution in [1.29, 1.82) is 0 Å². The molecular formula is C17H21FN4OS. The number of nitrogens with one attached hydrogen (secondary N) is 1. The van der Waals surface area contributed by atoms with Crippen molar-refractivity contribution in [2.45, 2.75) is 43.8 Å². The van der Waals surface area contributed by atoms with Crippen LogP contribution in [0.3, 0.4) is 0 Å². The zero-order chi connectivity index (χ0) is 17.7. The van der Waals surface area contributed by atoms with Gasteiger partial charge in [0.05, 0.1) is 11.3 Å². The molecule has 2 aromatic rings. The summed E-state index contributed by atoms with van der Waals surface area (Å²) in [6.45, 7) is 9.87. The minimum atomic E-state index is -0.333. The van der Waals surface area contributed by atoms with Crippen LogP contribution in [0.25, 0.3) is 0 Å². The Morgan fingerprint density at radius 2 is 2.04 bits per heavy atom. The molecular weight excluding hydrogens is 327 g/mol. The number of nitrogens with zero attached hydrogens (tertiary/aromatic N) is 3. The Hall–Kier alpha value is -2.15. The maximum absolute atomic E-state index is 13.0. The molecule has 5 nitrogen and oxygen atoms in total. The van der Waals surface area contributed by atoms with Gasteiger partial charge in [-0.05, 0) is 38.5 Å². The monoisotopic (exact) mass is 348 g/mol. The molecule has 0 saturated carbocycles. The van der Waals surface area contributed by atoms with Crippen LogP contribution < -0.4 is 5.32 Å². The van der Waals surface area contributed by atoms with Crippen LogP contribution >= 0.6 is 11.8 Å². The molecule has 24 heavy (non-hydrogen) atoms. The fourth-order valence-electron chi connectivity index (χ4n) is 2.17. The molecule has 2 rings (SSSR count). The van der Waals surface area contributed by atoms with E-state index in [-0.39, 0.29) is 23.0 Å². The van der Waals surface area contributed by atoms with E-state index in [4.69, 9.17) is 0 Å². The van der Waals surface area contributed by atoms with E-state index in [0.29, 0.717) is 11.7 Å². The summed E-state index contributed by atoms with van der Waals surface area (Å²) in [4.78, 5) is 12.4. The third kappa shape index (κ3) is 4.44. The summed E-state index contributed by atoms with van der Waals surface area (Å²) in [6, 6.07) is 5.91. The van der Waals surface area contributed by atoms with E-state index in [0.717, 1.165) is 11.4 Å². The summed E-state index contributed by atoms with van der Waals surface area (Å²) in [7, 11) is 0. The summed E-state index contributed by atoms with van der Waals surface area (Å²) in [5, 5.41) is 11.4. The number of carbonyl (C=O) groups excluding carboxylic acids is 1. The number of rotatable bonds is 7. The Balaban J connectivity index is 1.99. The van der Waals surface area contributed by atoms with Gasteiger partial charge in [-0.3, -0.25) is 4.79 Å². The molecule has 1 N–H and O–H groups in total. The SMILES string of the molecule is C=CCn1c(C)nnc1S[C@H](C)C(=O)N[C@@H](C)c1ccc(F)cc1. The van der Waals surface area contributed by atoms with Crippen molar-refractivity contribution >= 4 is 17.7 Å². The summed E-state index contributed by atoms with van der Waals surface area (Å²) in [5.74, 6) is 0.380. The van der Waals surface area contributed by atoms with Gasteiger partial charge in [-0.25, -0.2) is 4.39 Å². The summed E-state index contributed by atoms with van der Waals surface area (Å²) in [5.41, 5.74) is 0.854. The molecule has 0 unspecified atom stereocenters. The molecule has 0 spiro atoms. The van der Waals surface area contributed by atoms with E-state index in [2.05, 4.69) is 22.1 Å². The Morgan fingerprint density at radius 1 is 1.38 bits per heavy atom. The maximum atomic E-state index is 13.0. The first kappa shape index (κ1) is 18.2. The Kier molecular flexibility index (Phi) is 6.14. The molecule has 0 bridgehead atoms. The molecule has 1 heterocycles. The smallest absolute Gasteiger partial charge is 0.233 e. The van der Waals surface area contributed by atoms with Gasteiger partial charge < -0.3 is 9.88 Å². The Bertz CT molecular complexity index is 714. The fraction of sp³-hybridized carbons (Fsp3) is 0.353. The van der Waals surface area contributed by atoms with Gasteiger partial charge in [0.25, 0.3) is 0 Å². The number of allylic oxidation sites excluding steroid dienone is 1. The number of carbonyl (C=O) groups is 1. The average Bonchev–Trinajstić information content (AvgIpc) is 2.89. The average molecular weight is 348 g/mol. The lowest BCUT2D eigenvalue weighted by Crippen LogP contribution is -2.33. The summed E-state index contributed by atoms with van der Waals surface area (Å²) in [6.07, 6.45) is 1.77. The second-order valence-corrected chi connectivity index (χ2v) is 6.78. The predicted molar refractivity (Wildman–Crippen MR) is 93.2 cm³/mol. The van der Waals surface area contributed by atoms with Gasteiger partial charge >= 0.3 is 0 Å². The summed E-state index contributed by atoms with van der Waals surface area (Å²) < 4.78 is 14.9. The molecule has 2 atom stereocenters. The van der Waals surface area contributed by atoms with E-state index in [9.17, 15) is 9.18 Å². The number of hydrogen-bond donors (Lipinski definition) is 1. The minimum absolute atomic E-state index is 0.109. The second kappa shape index (κ2) is 8.10. The topological polar surface area (TPSA) is 59.8 Å². The van der Waals surface area contributed by atoms with Crippen LogP contribution in [0, 0.1) is 12.7 Å². The van der Waals surface area contributed by atoms with E-state index in [1.54, 1.807) is 18.2 Å². The lowest BCUT2D eigenvalue weighted by atomic mass is 10.1. The van der Waals surface area contributed by atoms with E-state index >= 15 is 0 Å². The van der Waals surface area contributed by atoms with Gasteiger partial charge in [0.2, 0.25) is 5.91 Å². The normalized spacial score (nSPS) is 13.3. The zero-order valence-corrected chi connectivity index (χ0v) is 14.8. The van der Waals surface area contributed by atoms with Crippen molar-refractivity contribution in [3.63, 3.8) is 0 Å². The van der Waals surface area contributed by atoms with Crippen LogP contribution in [-0.2, 0) is 11.3 Å². The molecule has 7 heteroatoms. The molecule has 128 valence electrons. The maximum Gasteiger partial charge on any atom is 0.233 e. The molecule has 0 aliphatic rings. The second-order valence-electron chi connectivity index (χ2n) is 5.47. The van der Waals surface area contributed by atoms with Crippen molar-refractivity contribution in [3.8, 4) is 0 Å². The lowest BCUT2D eigenvalue weighted by Gasteiger charge is -2.17. The van der Waals surface area contributed by atoms with Crippen molar-refractivity contribution in [3.05, 3.63) is 54.1 Å². The molecule has 1 aromatic heterocycles. The fourth-order valence-corrected chi connectivity index (χ4v) is 3.08. The number of thioether (sulfide) groups is 1. The standard InChI is InChI=1S/C17H21FN4OS/c1-5-10-22-13(4)20-21-17(22)24-12(3)16(23)19-11(2)14-6-8-15(18)9-7-14/h5-9,11-12H,1,10H2,2-4H3,(H,19,23)/t11-,12+/m0/s1. The Labute approximate surface area is 145 Å². The van der Waals surface area contributed by atoms with E-state index in [1.807, 2.05) is 25.3 Å². The van der Waals surface area contributed by atoms with Crippen LogP contribution in [0.1, 0.15) is 31.3 Å². The van der Waals surface area contributed by atoms with Crippen LogP contribution in [0.15, 0.2) is 42.1 Å². The third-order valence-electron chi connectivity index (χ3n) is 3.59. The largest absolute Gasteiger partial charge is 0.349 e. The first-order valence-electron chi connectivity index (χ1n) is 7.65. The molecule has 0 fully saturated rings. The number of benzene rings is 1. The van der Waals surface area contributed by atoms with Gasteiger partial charge in [-0.15, -0.1) is 16.8 Å². The van der Waals surface area contributed by atoms with E-state index < -0.39 is 0 Å². The van der Waals surface area contributed by atoms with Crippen LogP contribution in [0.5, 0.6) is 0 Å².